The lowest BCUT2D eigenvalue weighted by Gasteiger charge is -2.03. The first kappa shape index (κ1) is 13.7. The molecule has 20 heavy (non-hydrogen) atoms. The van der Waals surface area contributed by atoms with Crippen LogP contribution in [0.4, 0.5) is 4.39 Å². The van der Waals surface area contributed by atoms with Crippen molar-refractivity contribution < 1.29 is 14.3 Å². The van der Waals surface area contributed by atoms with Crippen molar-refractivity contribution in [2.24, 2.45) is 5.10 Å². The zero-order chi connectivity index (χ0) is 14.5. The van der Waals surface area contributed by atoms with Crippen molar-refractivity contribution in [3.05, 3.63) is 65.5 Å². The number of rotatable bonds is 3. The average Bonchev–Trinajstić information content (AvgIpc) is 2.45. The van der Waals surface area contributed by atoms with Gasteiger partial charge in [0.2, 0.25) is 0 Å². The van der Waals surface area contributed by atoms with E-state index in [2.05, 4.69) is 10.5 Å². The van der Waals surface area contributed by atoms with Crippen LogP contribution in [-0.4, -0.2) is 16.7 Å². The Morgan fingerprint density at radius 1 is 1.15 bits per heavy atom. The normalized spacial score (nSPS) is 11.2. The summed E-state index contributed by atoms with van der Waals surface area (Å²) in [5, 5.41) is 13.1. The van der Waals surface area contributed by atoms with E-state index in [0.717, 1.165) is 11.6 Å². The zero-order valence-electron chi connectivity index (χ0n) is 10.8. The summed E-state index contributed by atoms with van der Waals surface area (Å²) in [4.78, 5) is 11.8. The topological polar surface area (TPSA) is 61.7 Å². The van der Waals surface area contributed by atoms with Crippen LogP contribution in [0.2, 0.25) is 0 Å². The lowest BCUT2D eigenvalue weighted by Crippen LogP contribution is -2.19. The molecule has 5 heteroatoms. The SMILES string of the molecule is C/C(=N/NC(=O)c1cccc(F)c1)c1ccc(O)cc1. The van der Waals surface area contributed by atoms with Crippen LogP contribution in [0.1, 0.15) is 22.8 Å². The second-order valence-electron chi connectivity index (χ2n) is 4.20. The van der Waals surface area contributed by atoms with Gasteiger partial charge >= 0.3 is 0 Å². The number of carbonyl (C=O) groups is 1. The molecule has 0 bridgehead atoms. The molecule has 0 atom stereocenters. The summed E-state index contributed by atoms with van der Waals surface area (Å²) in [6, 6.07) is 11.8. The molecule has 0 aliphatic heterocycles. The van der Waals surface area contributed by atoms with Gasteiger partial charge in [-0.2, -0.15) is 5.10 Å². The van der Waals surface area contributed by atoms with Crippen molar-refractivity contribution >= 4 is 11.6 Å². The maximum atomic E-state index is 13.0. The number of hydrogen-bond donors (Lipinski definition) is 2. The number of halogens is 1. The Labute approximate surface area is 115 Å². The molecular formula is C15H13FN2O2. The summed E-state index contributed by atoms with van der Waals surface area (Å²) in [7, 11) is 0. The van der Waals surface area contributed by atoms with Gasteiger partial charge in [0.05, 0.1) is 5.71 Å². The van der Waals surface area contributed by atoms with Gasteiger partial charge in [-0.15, -0.1) is 0 Å². The average molecular weight is 272 g/mol. The summed E-state index contributed by atoms with van der Waals surface area (Å²) < 4.78 is 13.0. The summed E-state index contributed by atoms with van der Waals surface area (Å²) in [6.45, 7) is 1.72. The Morgan fingerprint density at radius 3 is 2.50 bits per heavy atom. The fourth-order valence-corrected chi connectivity index (χ4v) is 1.60. The minimum atomic E-state index is -0.484. The van der Waals surface area contributed by atoms with Crippen molar-refractivity contribution in [1.29, 1.82) is 0 Å². The van der Waals surface area contributed by atoms with Crippen LogP contribution in [0, 0.1) is 5.82 Å². The van der Waals surface area contributed by atoms with Crippen LogP contribution >= 0.6 is 0 Å². The maximum absolute atomic E-state index is 13.0. The smallest absolute Gasteiger partial charge is 0.271 e. The van der Waals surface area contributed by atoms with Crippen molar-refractivity contribution in [2.75, 3.05) is 0 Å². The third-order valence-corrected chi connectivity index (χ3v) is 2.70. The van der Waals surface area contributed by atoms with Gasteiger partial charge in [-0.3, -0.25) is 4.79 Å². The van der Waals surface area contributed by atoms with E-state index in [1.165, 1.54) is 30.3 Å². The van der Waals surface area contributed by atoms with E-state index >= 15 is 0 Å². The summed E-state index contributed by atoms with van der Waals surface area (Å²) in [5.74, 6) is -0.801. The van der Waals surface area contributed by atoms with Gasteiger partial charge in [0, 0.05) is 5.56 Å². The molecule has 102 valence electrons. The van der Waals surface area contributed by atoms with Gasteiger partial charge < -0.3 is 5.11 Å². The predicted octanol–water partition coefficient (Wildman–Crippen LogP) is 2.69. The highest BCUT2D eigenvalue weighted by Gasteiger charge is 2.05. The van der Waals surface area contributed by atoms with Gasteiger partial charge in [-0.25, -0.2) is 9.82 Å². The molecule has 0 radical (unpaired) electrons. The van der Waals surface area contributed by atoms with Gasteiger partial charge in [0.1, 0.15) is 11.6 Å². The van der Waals surface area contributed by atoms with E-state index < -0.39 is 11.7 Å². The lowest BCUT2D eigenvalue weighted by molar-refractivity contribution is 0.0954. The highest BCUT2D eigenvalue weighted by Crippen LogP contribution is 2.10. The number of hydrogen-bond acceptors (Lipinski definition) is 3. The standard InChI is InChI=1S/C15H13FN2O2/c1-10(11-5-7-14(19)8-6-11)17-18-15(20)12-3-2-4-13(16)9-12/h2-9,19H,1H3,(H,18,20)/b17-10-. The molecule has 0 heterocycles. The first-order valence-corrected chi connectivity index (χ1v) is 5.96. The van der Waals surface area contributed by atoms with Crippen LogP contribution in [0.5, 0.6) is 5.75 Å². The molecule has 0 fully saturated rings. The number of nitrogens with one attached hydrogen (secondary N) is 1. The molecule has 1 amide bonds. The third-order valence-electron chi connectivity index (χ3n) is 2.70. The van der Waals surface area contributed by atoms with Crippen LogP contribution in [0.3, 0.4) is 0 Å². The molecule has 0 saturated heterocycles. The first-order valence-electron chi connectivity index (χ1n) is 5.96. The molecule has 0 unspecified atom stereocenters. The Bertz CT molecular complexity index is 651. The number of benzene rings is 2. The molecular weight excluding hydrogens is 259 g/mol. The van der Waals surface area contributed by atoms with Crippen LogP contribution in [0.15, 0.2) is 53.6 Å². The van der Waals surface area contributed by atoms with E-state index in [1.807, 2.05) is 0 Å². The van der Waals surface area contributed by atoms with E-state index in [-0.39, 0.29) is 11.3 Å². The Kier molecular flexibility index (Phi) is 4.10. The Hall–Kier alpha value is -2.69. The zero-order valence-corrected chi connectivity index (χ0v) is 10.8. The summed E-state index contributed by atoms with van der Waals surface area (Å²) >= 11 is 0. The quantitative estimate of drug-likeness (QED) is 0.666. The summed E-state index contributed by atoms with van der Waals surface area (Å²) in [6.07, 6.45) is 0. The highest BCUT2D eigenvalue weighted by molar-refractivity contribution is 6.00. The number of amides is 1. The number of carbonyl (C=O) groups excluding carboxylic acids is 1. The van der Waals surface area contributed by atoms with Crippen LogP contribution in [0.25, 0.3) is 0 Å². The van der Waals surface area contributed by atoms with Crippen LogP contribution < -0.4 is 5.43 Å². The number of nitrogens with zero attached hydrogens (tertiary/aromatic N) is 1. The first-order chi connectivity index (χ1) is 9.56. The molecule has 0 saturated carbocycles. The molecule has 4 nitrogen and oxygen atoms in total. The largest absolute Gasteiger partial charge is 0.508 e. The minimum Gasteiger partial charge on any atom is -0.508 e. The van der Waals surface area contributed by atoms with Crippen molar-refractivity contribution in [1.82, 2.24) is 5.43 Å². The molecule has 2 aromatic rings. The van der Waals surface area contributed by atoms with E-state index in [1.54, 1.807) is 19.1 Å². The van der Waals surface area contributed by atoms with Gasteiger partial charge in [-0.1, -0.05) is 6.07 Å². The Morgan fingerprint density at radius 2 is 1.85 bits per heavy atom. The lowest BCUT2D eigenvalue weighted by atomic mass is 10.1. The fourth-order valence-electron chi connectivity index (χ4n) is 1.60. The number of phenolic OH excluding ortho intramolecular Hbond substituents is 1. The molecule has 0 spiro atoms. The highest BCUT2D eigenvalue weighted by atomic mass is 19.1. The van der Waals surface area contributed by atoms with Gasteiger partial charge in [-0.05, 0) is 55.0 Å². The maximum Gasteiger partial charge on any atom is 0.271 e. The van der Waals surface area contributed by atoms with Crippen LogP contribution in [-0.2, 0) is 0 Å². The molecule has 0 aliphatic rings. The van der Waals surface area contributed by atoms with Crippen molar-refractivity contribution in [2.45, 2.75) is 6.92 Å². The predicted molar refractivity (Wildman–Crippen MR) is 74.2 cm³/mol. The second-order valence-corrected chi connectivity index (χ2v) is 4.20. The van der Waals surface area contributed by atoms with E-state index in [0.29, 0.717) is 5.71 Å². The molecule has 2 rings (SSSR count). The second kappa shape index (κ2) is 5.97. The third kappa shape index (κ3) is 3.41. The van der Waals surface area contributed by atoms with E-state index in [9.17, 15) is 14.3 Å². The number of aromatic hydroxyl groups is 1. The molecule has 0 aliphatic carbocycles. The monoisotopic (exact) mass is 272 g/mol. The van der Waals surface area contributed by atoms with Gasteiger partial charge in [0.25, 0.3) is 5.91 Å². The Balaban J connectivity index is 2.08. The molecule has 2 aromatic carbocycles. The molecule has 2 N–H and O–H groups in total. The van der Waals surface area contributed by atoms with E-state index in [4.69, 9.17) is 0 Å². The fraction of sp³-hybridized carbons (Fsp3) is 0.0667. The summed E-state index contributed by atoms with van der Waals surface area (Å²) in [5.41, 5.74) is 3.90. The van der Waals surface area contributed by atoms with Crippen molar-refractivity contribution in [3.8, 4) is 5.75 Å². The van der Waals surface area contributed by atoms with Crippen molar-refractivity contribution in [3.63, 3.8) is 0 Å². The molecule has 0 aromatic heterocycles. The number of phenols is 1. The van der Waals surface area contributed by atoms with Gasteiger partial charge in [0.15, 0.2) is 0 Å². The number of hydrazone groups is 1. The minimum absolute atomic E-state index is 0.158.